The van der Waals surface area contributed by atoms with Crippen molar-refractivity contribution in [3.63, 3.8) is 0 Å². The average Bonchev–Trinajstić information content (AvgIpc) is 2.78. The minimum Gasteiger partial charge on any atom is -0.367 e. The van der Waals surface area contributed by atoms with E-state index in [4.69, 9.17) is 16.9 Å². The van der Waals surface area contributed by atoms with Gasteiger partial charge in [0.1, 0.15) is 10.8 Å². The Morgan fingerprint density at radius 1 is 1.09 bits per heavy atom. The molecule has 0 atom stereocenters. The van der Waals surface area contributed by atoms with Crippen LogP contribution in [0.4, 0.5) is 33.2 Å². The molecule has 0 amide bonds. The molecule has 0 spiro atoms. The number of anilines is 5. The number of halogens is 2. The van der Waals surface area contributed by atoms with E-state index in [-0.39, 0.29) is 11.8 Å². The van der Waals surface area contributed by atoms with E-state index in [2.05, 4.69) is 43.5 Å². The third-order valence-corrected chi connectivity index (χ3v) is 5.54. The predicted molar refractivity (Wildman–Crippen MR) is 125 cm³/mol. The summed E-state index contributed by atoms with van der Waals surface area (Å²) in [6.45, 7) is 3.41. The first-order valence-corrected chi connectivity index (χ1v) is 10.6. The minimum atomic E-state index is -0.291. The fourth-order valence-electron chi connectivity index (χ4n) is 3.52. The molecular formula is C23H23ClFN7. The largest absolute Gasteiger partial charge is 0.367 e. The second-order valence-electron chi connectivity index (χ2n) is 7.63. The first kappa shape index (κ1) is 21.8. The van der Waals surface area contributed by atoms with Crippen molar-refractivity contribution in [3.8, 4) is 6.07 Å². The molecule has 0 radical (unpaired) electrons. The summed E-state index contributed by atoms with van der Waals surface area (Å²) in [6, 6.07) is 14.6. The minimum absolute atomic E-state index is 0.289. The summed E-state index contributed by atoms with van der Waals surface area (Å²) >= 11 is 6.26. The summed E-state index contributed by atoms with van der Waals surface area (Å²) in [6.07, 6.45) is 1.79. The standard InChI is InChI=1S/C23H23ClFN7/c1-31-9-11-32(12-10-31)21-6-5-18(14-20(21)25)29-23-27-15-19(24)22(30-23)28-17-4-2-3-16(13-17)7-8-26/h2-6,13-15H,7,9-12H2,1H3,(H2,27,28,29,30). The van der Waals surface area contributed by atoms with Crippen molar-refractivity contribution in [2.24, 2.45) is 0 Å². The molecule has 3 aromatic rings. The van der Waals surface area contributed by atoms with Crippen molar-refractivity contribution in [2.75, 3.05) is 48.8 Å². The maximum Gasteiger partial charge on any atom is 0.229 e. The van der Waals surface area contributed by atoms with Crippen molar-refractivity contribution in [1.82, 2.24) is 14.9 Å². The SMILES string of the molecule is CN1CCN(c2ccc(Nc3ncc(Cl)c(Nc4cccc(CC#N)c4)n3)cc2F)CC1. The summed E-state index contributed by atoms with van der Waals surface area (Å²) in [4.78, 5) is 12.9. The Hall–Kier alpha value is -3.41. The third-order valence-electron chi connectivity index (χ3n) is 5.26. The molecule has 0 aliphatic carbocycles. The summed E-state index contributed by atoms with van der Waals surface area (Å²) in [5.74, 6) is 0.408. The van der Waals surface area contributed by atoms with Crippen LogP contribution in [0.1, 0.15) is 5.56 Å². The molecule has 164 valence electrons. The van der Waals surface area contributed by atoms with Gasteiger partial charge in [-0.1, -0.05) is 23.7 Å². The van der Waals surface area contributed by atoms with Gasteiger partial charge in [0.25, 0.3) is 0 Å². The number of aromatic nitrogens is 2. The number of benzene rings is 2. The van der Waals surface area contributed by atoms with Crippen LogP contribution in [0.2, 0.25) is 5.02 Å². The highest BCUT2D eigenvalue weighted by atomic mass is 35.5. The number of piperazine rings is 1. The zero-order chi connectivity index (χ0) is 22.5. The first-order chi connectivity index (χ1) is 15.5. The van der Waals surface area contributed by atoms with Crippen LogP contribution in [-0.2, 0) is 6.42 Å². The van der Waals surface area contributed by atoms with Gasteiger partial charge in [-0.15, -0.1) is 0 Å². The van der Waals surface area contributed by atoms with E-state index in [1.165, 1.54) is 12.3 Å². The molecule has 1 saturated heterocycles. The maximum absolute atomic E-state index is 14.8. The number of likely N-dealkylation sites (N-methyl/N-ethyl adjacent to an activating group) is 1. The fourth-order valence-corrected chi connectivity index (χ4v) is 3.66. The van der Waals surface area contributed by atoms with Crippen molar-refractivity contribution in [3.05, 3.63) is 65.1 Å². The molecule has 1 aromatic heterocycles. The van der Waals surface area contributed by atoms with Crippen LogP contribution >= 0.6 is 11.6 Å². The molecule has 2 N–H and O–H groups in total. The molecule has 1 fully saturated rings. The number of hydrogen-bond acceptors (Lipinski definition) is 7. The number of nitrogens with zero attached hydrogens (tertiary/aromatic N) is 5. The second kappa shape index (κ2) is 9.81. The van der Waals surface area contributed by atoms with Crippen LogP contribution < -0.4 is 15.5 Å². The number of rotatable bonds is 6. The molecule has 9 heteroatoms. The molecule has 4 rings (SSSR count). The normalized spacial score (nSPS) is 14.1. The van der Waals surface area contributed by atoms with Gasteiger partial charge in [-0.05, 0) is 42.9 Å². The van der Waals surface area contributed by atoms with Crippen molar-refractivity contribution in [1.29, 1.82) is 5.26 Å². The molecule has 1 aliphatic heterocycles. The van der Waals surface area contributed by atoms with Crippen LogP contribution in [0.3, 0.4) is 0 Å². The lowest BCUT2D eigenvalue weighted by Crippen LogP contribution is -2.44. The zero-order valence-corrected chi connectivity index (χ0v) is 18.4. The Balaban J connectivity index is 1.48. The molecular weight excluding hydrogens is 429 g/mol. The smallest absolute Gasteiger partial charge is 0.229 e. The van der Waals surface area contributed by atoms with Gasteiger partial charge in [-0.25, -0.2) is 9.37 Å². The molecule has 32 heavy (non-hydrogen) atoms. The fraction of sp³-hybridized carbons (Fsp3) is 0.261. The van der Waals surface area contributed by atoms with Crippen molar-refractivity contribution in [2.45, 2.75) is 6.42 Å². The first-order valence-electron chi connectivity index (χ1n) is 10.3. The van der Waals surface area contributed by atoms with Gasteiger partial charge in [0, 0.05) is 37.6 Å². The van der Waals surface area contributed by atoms with Crippen LogP contribution in [0.5, 0.6) is 0 Å². The quantitative estimate of drug-likeness (QED) is 0.568. The van der Waals surface area contributed by atoms with Gasteiger partial charge < -0.3 is 20.4 Å². The van der Waals surface area contributed by atoms with Gasteiger partial charge in [-0.3, -0.25) is 0 Å². The van der Waals surface area contributed by atoms with Gasteiger partial charge in [0.15, 0.2) is 5.82 Å². The molecule has 7 nitrogen and oxygen atoms in total. The molecule has 2 aromatic carbocycles. The second-order valence-corrected chi connectivity index (χ2v) is 8.04. The lowest BCUT2D eigenvalue weighted by Gasteiger charge is -2.34. The molecule has 0 saturated carbocycles. The Labute approximate surface area is 191 Å². The Bertz CT molecular complexity index is 1140. The van der Waals surface area contributed by atoms with Gasteiger partial charge >= 0.3 is 0 Å². The van der Waals surface area contributed by atoms with Gasteiger partial charge in [-0.2, -0.15) is 10.2 Å². The highest BCUT2D eigenvalue weighted by Gasteiger charge is 2.17. The summed E-state index contributed by atoms with van der Waals surface area (Å²) < 4.78 is 14.8. The van der Waals surface area contributed by atoms with E-state index >= 15 is 0 Å². The molecule has 0 unspecified atom stereocenters. The monoisotopic (exact) mass is 451 g/mol. The van der Waals surface area contributed by atoms with Crippen molar-refractivity contribution >= 4 is 40.4 Å². The lowest BCUT2D eigenvalue weighted by atomic mass is 10.1. The van der Waals surface area contributed by atoms with E-state index in [1.54, 1.807) is 6.07 Å². The van der Waals surface area contributed by atoms with Crippen LogP contribution in [-0.4, -0.2) is 48.1 Å². The summed E-state index contributed by atoms with van der Waals surface area (Å²) in [7, 11) is 2.07. The highest BCUT2D eigenvalue weighted by molar-refractivity contribution is 6.32. The molecule has 1 aliphatic rings. The highest BCUT2D eigenvalue weighted by Crippen LogP contribution is 2.28. The lowest BCUT2D eigenvalue weighted by molar-refractivity contribution is 0.311. The Morgan fingerprint density at radius 3 is 2.62 bits per heavy atom. The Morgan fingerprint density at radius 2 is 1.88 bits per heavy atom. The molecule has 2 heterocycles. The van der Waals surface area contributed by atoms with E-state index in [0.29, 0.717) is 28.6 Å². The average molecular weight is 452 g/mol. The molecule has 0 bridgehead atoms. The Kier molecular flexibility index (Phi) is 6.69. The number of nitrogens with one attached hydrogen (secondary N) is 2. The van der Waals surface area contributed by atoms with Crippen molar-refractivity contribution < 1.29 is 4.39 Å². The van der Waals surface area contributed by atoms with E-state index in [0.717, 1.165) is 37.4 Å². The van der Waals surface area contributed by atoms with Crippen LogP contribution in [0.15, 0.2) is 48.7 Å². The van der Waals surface area contributed by atoms with E-state index in [1.807, 2.05) is 30.3 Å². The van der Waals surface area contributed by atoms with Gasteiger partial charge in [0.05, 0.1) is 24.4 Å². The topological polar surface area (TPSA) is 80.1 Å². The van der Waals surface area contributed by atoms with Gasteiger partial charge in [0.2, 0.25) is 5.95 Å². The summed E-state index contributed by atoms with van der Waals surface area (Å²) in [5.41, 5.74) is 2.79. The summed E-state index contributed by atoms with van der Waals surface area (Å²) in [5, 5.41) is 15.4. The van der Waals surface area contributed by atoms with Crippen LogP contribution in [0.25, 0.3) is 0 Å². The predicted octanol–water partition coefficient (Wildman–Crippen LogP) is 4.57. The number of hydrogen-bond donors (Lipinski definition) is 2. The van der Waals surface area contributed by atoms with E-state index in [9.17, 15) is 4.39 Å². The van der Waals surface area contributed by atoms with Crippen LogP contribution in [0, 0.1) is 17.1 Å². The third kappa shape index (κ3) is 5.25. The number of nitriles is 1. The zero-order valence-electron chi connectivity index (χ0n) is 17.6. The van der Waals surface area contributed by atoms with E-state index < -0.39 is 0 Å². The maximum atomic E-state index is 14.8.